The Labute approximate surface area is 160 Å². The first kappa shape index (κ1) is 18.7. The van der Waals surface area contributed by atoms with Gasteiger partial charge in [0.2, 0.25) is 0 Å². The summed E-state index contributed by atoms with van der Waals surface area (Å²) in [5.74, 6) is 1.14. The number of aliphatic hydroxyl groups excluding tert-OH is 1. The number of benzene rings is 1. The molecule has 1 aromatic heterocycles. The third-order valence-electron chi connectivity index (χ3n) is 6.37. The largest absolute Gasteiger partial charge is 0.487 e. The monoisotopic (exact) mass is 374 g/mol. The fourth-order valence-electron chi connectivity index (χ4n) is 4.69. The molecule has 0 spiro atoms. The van der Waals surface area contributed by atoms with Crippen molar-refractivity contribution in [1.82, 2.24) is 10.4 Å². The Balaban J connectivity index is 1.32. The van der Waals surface area contributed by atoms with E-state index in [0.717, 1.165) is 35.2 Å². The minimum Gasteiger partial charge on any atom is -0.487 e. The summed E-state index contributed by atoms with van der Waals surface area (Å²) < 4.78 is 11.4. The lowest BCUT2D eigenvalue weighted by atomic mass is 9.87. The van der Waals surface area contributed by atoms with Crippen LogP contribution in [0.4, 0.5) is 0 Å². The van der Waals surface area contributed by atoms with E-state index in [0.29, 0.717) is 18.9 Å². The van der Waals surface area contributed by atoms with Gasteiger partial charge in [-0.1, -0.05) is 0 Å². The molecule has 0 saturated carbocycles. The molecule has 1 aromatic carbocycles. The number of hydrogen-bond donors (Lipinski definition) is 3. The zero-order valence-corrected chi connectivity index (χ0v) is 16.5. The Morgan fingerprint density at radius 3 is 2.78 bits per heavy atom. The summed E-state index contributed by atoms with van der Waals surface area (Å²) in [7, 11) is 0. The zero-order chi connectivity index (χ0) is 19.4. The Morgan fingerprint density at radius 1 is 1.30 bits per heavy atom. The molecule has 6 nitrogen and oxygen atoms in total. The third-order valence-corrected chi connectivity index (χ3v) is 6.37. The smallest absolute Gasteiger partial charge is 0.134 e. The van der Waals surface area contributed by atoms with Gasteiger partial charge in [0.05, 0.1) is 6.26 Å². The Kier molecular flexibility index (Phi) is 4.50. The van der Waals surface area contributed by atoms with Crippen molar-refractivity contribution in [2.24, 2.45) is 5.92 Å². The molecule has 4 rings (SSSR count). The highest BCUT2D eigenvalue weighted by Crippen LogP contribution is 2.43. The van der Waals surface area contributed by atoms with Gasteiger partial charge in [0.1, 0.15) is 23.5 Å². The molecule has 0 radical (unpaired) electrons. The molecule has 3 atom stereocenters. The van der Waals surface area contributed by atoms with E-state index in [2.05, 4.69) is 33.0 Å². The molecule has 3 heterocycles. The van der Waals surface area contributed by atoms with Crippen LogP contribution in [0.25, 0.3) is 11.0 Å². The van der Waals surface area contributed by atoms with Crippen molar-refractivity contribution in [3.63, 3.8) is 0 Å². The number of furan rings is 1. The SMILES string of the molecule is CC1(C)CC(CNCC(O)C2Cc3cc4occc4cc3O2)C(C)(C)N1O. The van der Waals surface area contributed by atoms with Crippen LogP contribution in [0, 0.1) is 5.92 Å². The topological polar surface area (TPSA) is 78.1 Å². The van der Waals surface area contributed by atoms with Gasteiger partial charge in [0.15, 0.2) is 0 Å². The molecule has 148 valence electrons. The van der Waals surface area contributed by atoms with Gasteiger partial charge in [0, 0.05) is 35.0 Å². The average molecular weight is 374 g/mol. The third kappa shape index (κ3) is 3.25. The average Bonchev–Trinajstić information content (AvgIpc) is 3.26. The van der Waals surface area contributed by atoms with E-state index in [1.165, 1.54) is 5.06 Å². The van der Waals surface area contributed by atoms with E-state index in [9.17, 15) is 10.3 Å². The second-order valence-electron chi connectivity index (χ2n) is 9.18. The van der Waals surface area contributed by atoms with E-state index in [-0.39, 0.29) is 17.2 Å². The number of hydrogen-bond acceptors (Lipinski definition) is 6. The molecule has 0 amide bonds. The normalized spacial score (nSPS) is 27.6. The van der Waals surface area contributed by atoms with Crippen LogP contribution in [0.3, 0.4) is 0 Å². The van der Waals surface area contributed by atoms with Crippen molar-refractivity contribution < 1.29 is 19.5 Å². The maximum absolute atomic E-state index is 10.6. The molecule has 3 N–H and O–H groups in total. The number of nitrogens with one attached hydrogen (secondary N) is 1. The summed E-state index contributed by atoms with van der Waals surface area (Å²) >= 11 is 0. The Bertz CT molecular complexity index is 789. The van der Waals surface area contributed by atoms with Crippen molar-refractivity contribution in [1.29, 1.82) is 0 Å². The molecule has 1 fully saturated rings. The first-order chi connectivity index (χ1) is 12.7. The molecule has 0 aliphatic carbocycles. The van der Waals surface area contributed by atoms with E-state index < -0.39 is 6.10 Å². The fraction of sp³-hybridized carbons (Fsp3) is 0.619. The van der Waals surface area contributed by atoms with Crippen molar-refractivity contribution >= 4 is 11.0 Å². The van der Waals surface area contributed by atoms with Crippen molar-refractivity contribution in [2.45, 2.75) is 63.8 Å². The molecular weight excluding hydrogens is 344 g/mol. The quantitative estimate of drug-likeness (QED) is 0.747. The van der Waals surface area contributed by atoms with Gasteiger partial charge in [-0.15, -0.1) is 0 Å². The highest BCUT2D eigenvalue weighted by molar-refractivity contribution is 5.80. The summed E-state index contributed by atoms with van der Waals surface area (Å²) in [5.41, 5.74) is 1.40. The van der Waals surface area contributed by atoms with Gasteiger partial charge < -0.3 is 24.8 Å². The molecular formula is C21H30N2O4. The molecule has 0 bridgehead atoms. The molecule has 1 saturated heterocycles. The van der Waals surface area contributed by atoms with Crippen molar-refractivity contribution in [3.8, 4) is 5.75 Å². The van der Waals surface area contributed by atoms with E-state index in [1.807, 2.05) is 18.2 Å². The van der Waals surface area contributed by atoms with E-state index >= 15 is 0 Å². The first-order valence-electron chi connectivity index (χ1n) is 9.73. The number of rotatable bonds is 5. The van der Waals surface area contributed by atoms with Crippen molar-refractivity contribution in [2.75, 3.05) is 13.1 Å². The predicted octanol–water partition coefficient (Wildman–Crippen LogP) is 2.96. The minimum absolute atomic E-state index is 0.235. The maximum atomic E-state index is 10.6. The van der Waals surface area contributed by atoms with Crippen LogP contribution in [0.5, 0.6) is 5.75 Å². The lowest BCUT2D eigenvalue weighted by Crippen LogP contribution is -2.49. The highest BCUT2D eigenvalue weighted by Gasteiger charge is 2.50. The Morgan fingerprint density at radius 2 is 2.07 bits per heavy atom. The number of hydroxylamine groups is 2. The standard InChI is InChI=1S/C21H30N2O4/c1-20(2)10-15(21(3,4)23(20)25)11-22-12-16(24)19-9-14-8-17-13(5-6-26-17)7-18(14)27-19/h5-8,15-16,19,22,24-25H,9-12H2,1-4H3. The van der Waals surface area contributed by atoms with Crippen LogP contribution in [-0.2, 0) is 6.42 Å². The molecule has 27 heavy (non-hydrogen) atoms. The summed E-state index contributed by atoms with van der Waals surface area (Å²) in [6, 6.07) is 5.90. The van der Waals surface area contributed by atoms with E-state index in [1.54, 1.807) is 6.26 Å². The van der Waals surface area contributed by atoms with Crippen LogP contribution in [0.15, 0.2) is 28.9 Å². The molecule has 2 aliphatic heterocycles. The molecule has 6 heteroatoms. The number of ether oxygens (including phenoxy) is 1. The second-order valence-corrected chi connectivity index (χ2v) is 9.18. The highest BCUT2D eigenvalue weighted by atomic mass is 16.5. The van der Waals surface area contributed by atoms with Crippen LogP contribution in [0.2, 0.25) is 0 Å². The van der Waals surface area contributed by atoms with Gasteiger partial charge in [-0.2, -0.15) is 5.06 Å². The molecule has 2 aromatic rings. The second kappa shape index (κ2) is 6.48. The van der Waals surface area contributed by atoms with Crippen LogP contribution >= 0.6 is 0 Å². The molecule has 2 aliphatic rings. The Hall–Kier alpha value is -1.60. The lowest BCUT2D eigenvalue weighted by Gasteiger charge is -2.36. The predicted molar refractivity (Wildman–Crippen MR) is 103 cm³/mol. The van der Waals surface area contributed by atoms with Gasteiger partial charge in [-0.25, -0.2) is 0 Å². The fourth-order valence-corrected chi connectivity index (χ4v) is 4.69. The summed E-state index contributed by atoms with van der Waals surface area (Å²) in [5, 5.41) is 26.9. The zero-order valence-electron chi connectivity index (χ0n) is 16.5. The maximum Gasteiger partial charge on any atom is 0.134 e. The van der Waals surface area contributed by atoms with Gasteiger partial charge in [0.25, 0.3) is 0 Å². The molecule has 3 unspecified atom stereocenters. The first-order valence-corrected chi connectivity index (χ1v) is 9.73. The van der Waals surface area contributed by atoms with Gasteiger partial charge in [-0.3, -0.25) is 0 Å². The summed E-state index contributed by atoms with van der Waals surface area (Å²) in [4.78, 5) is 0. The lowest BCUT2D eigenvalue weighted by molar-refractivity contribution is -0.196. The van der Waals surface area contributed by atoms with E-state index in [4.69, 9.17) is 9.15 Å². The van der Waals surface area contributed by atoms with Crippen molar-refractivity contribution in [3.05, 3.63) is 30.0 Å². The number of nitrogens with zero attached hydrogens (tertiary/aromatic N) is 1. The number of aliphatic hydroxyl groups is 1. The minimum atomic E-state index is -0.591. The number of fused-ring (bicyclic) bond motifs is 2. The summed E-state index contributed by atoms with van der Waals surface area (Å²) in [6.45, 7) is 9.46. The van der Waals surface area contributed by atoms with Gasteiger partial charge in [-0.05, 0) is 64.8 Å². The van der Waals surface area contributed by atoms with Crippen LogP contribution < -0.4 is 10.1 Å². The van der Waals surface area contributed by atoms with Gasteiger partial charge >= 0.3 is 0 Å². The van der Waals surface area contributed by atoms with Crippen LogP contribution in [-0.4, -0.2) is 51.8 Å². The summed E-state index contributed by atoms with van der Waals surface area (Å²) in [6.07, 6.45) is 2.42. The van der Waals surface area contributed by atoms with Crippen LogP contribution in [0.1, 0.15) is 39.7 Å².